The van der Waals surface area contributed by atoms with E-state index in [-0.39, 0.29) is 11.8 Å². The first-order valence-electron chi connectivity index (χ1n) is 11.3. The summed E-state index contributed by atoms with van der Waals surface area (Å²) >= 11 is 0. The van der Waals surface area contributed by atoms with Crippen molar-refractivity contribution in [3.8, 4) is 0 Å². The number of aromatic nitrogens is 1. The molecule has 6 heteroatoms. The summed E-state index contributed by atoms with van der Waals surface area (Å²) in [5.41, 5.74) is 3.64. The molecule has 6 nitrogen and oxygen atoms in total. The number of carboxylic acids is 1. The van der Waals surface area contributed by atoms with Crippen molar-refractivity contribution in [2.75, 3.05) is 18.4 Å². The molecule has 0 aliphatic carbocycles. The number of aliphatic carboxylic acids is 1. The van der Waals surface area contributed by atoms with Crippen LogP contribution >= 0.6 is 0 Å². The number of anilines is 1. The quantitative estimate of drug-likeness (QED) is 0.498. The van der Waals surface area contributed by atoms with Gasteiger partial charge in [0.05, 0.1) is 0 Å². The molecule has 32 heavy (non-hydrogen) atoms. The highest BCUT2D eigenvalue weighted by atomic mass is 16.4. The standard InChI is InChI=1S/C26H31N3O3/c1-17(2)25(30)28-20-8-9-23-21(15-20)22(16-27-23)24(26(31)32)29-12-10-19(11-13-29)14-18-6-4-3-5-7-18/h3-9,15-17,19,24,27H,10-14H2,1-2H3,(H,28,30)(H,31,32)/t24-/m0/s1. The Morgan fingerprint density at radius 3 is 2.50 bits per heavy atom. The van der Waals surface area contributed by atoms with Crippen LogP contribution in [0.1, 0.15) is 43.9 Å². The predicted molar refractivity (Wildman–Crippen MR) is 127 cm³/mol. The van der Waals surface area contributed by atoms with Crippen LogP contribution in [-0.4, -0.2) is 40.0 Å². The lowest BCUT2D eigenvalue weighted by atomic mass is 9.89. The Labute approximate surface area is 188 Å². The summed E-state index contributed by atoms with van der Waals surface area (Å²) in [5.74, 6) is -0.454. The molecule has 0 spiro atoms. The van der Waals surface area contributed by atoms with Crippen LogP contribution in [0.2, 0.25) is 0 Å². The number of piperidine rings is 1. The zero-order chi connectivity index (χ0) is 22.7. The van der Waals surface area contributed by atoms with Crippen LogP contribution in [0.25, 0.3) is 10.9 Å². The molecule has 1 aromatic heterocycles. The average molecular weight is 434 g/mol. The second-order valence-corrected chi connectivity index (χ2v) is 9.06. The summed E-state index contributed by atoms with van der Waals surface area (Å²) in [6.07, 6.45) is 4.80. The lowest BCUT2D eigenvalue weighted by Gasteiger charge is -2.35. The number of amides is 1. The van der Waals surface area contributed by atoms with Gasteiger partial charge in [0.1, 0.15) is 6.04 Å². The van der Waals surface area contributed by atoms with Crippen molar-refractivity contribution in [2.24, 2.45) is 11.8 Å². The van der Waals surface area contributed by atoms with Gasteiger partial charge in [-0.05, 0) is 62.0 Å². The van der Waals surface area contributed by atoms with Gasteiger partial charge in [-0.15, -0.1) is 0 Å². The third-order valence-electron chi connectivity index (χ3n) is 6.42. The summed E-state index contributed by atoms with van der Waals surface area (Å²) in [6.45, 7) is 5.20. The van der Waals surface area contributed by atoms with E-state index in [1.807, 2.05) is 38.1 Å². The first kappa shape index (κ1) is 22.1. The van der Waals surface area contributed by atoms with Gasteiger partial charge < -0.3 is 15.4 Å². The minimum atomic E-state index is -0.843. The van der Waals surface area contributed by atoms with Crippen molar-refractivity contribution < 1.29 is 14.7 Å². The molecule has 0 radical (unpaired) electrons. The van der Waals surface area contributed by atoms with Crippen LogP contribution in [0.5, 0.6) is 0 Å². The molecule has 1 aliphatic rings. The van der Waals surface area contributed by atoms with Gasteiger partial charge in [-0.3, -0.25) is 14.5 Å². The Kier molecular flexibility index (Phi) is 6.61. The van der Waals surface area contributed by atoms with Gasteiger partial charge in [0.2, 0.25) is 5.91 Å². The number of fused-ring (bicyclic) bond motifs is 1. The number of likely N-dealkylation sites (tertiary alicyclic amines) is 1. The maximum Gasteiger partial charge on any atom is 0.325 e. The average Bonchev–Trinajstić information content (AvgIpc) is 3.18. The molecule has 1 fully saturated rings. The first-order chi connectivity index (χ1) is 15.4. The maximum absolute atomic E-state index is 12.3. The lowest BCUT2D eigenvalue weighted by molar-refractivity contribution is -0.144. The molecule has 0 bridgehead atoms. The maximum atomic E-state index is 12.3. The van der Waals surface area contributed by atoms with Crippen molar-refractivity contribution in [3.05, 3.63) is 65.9 Å². The zero-order valence-corrected chi connectivity index (χ0v) is 18.7. The normalized spacial score (nSPS) is 16.3. The Balaban J connectivity index is 1.51. The Morgan fingerprint density at radius 1 is 1.12 bits per heavy atom. The monoisotopic (exact) mass is 433 g/mol. The van der Waals surface area contributed by atoms with E-state index in [9.17, 15) is 14.7 Å². The molecule has 168 valence electrons. The highest BCUT2D eigenvalue weighted by Crippen LogP contribution is 2.34. The van der Waals surface area contributed by atoms with Crippen LogP contribution in [0, 0.1) is 11.8 Å². The molecule has 1 saturated heterocycles. The number of nitrogens with one attached hydrogen (secondary N) is 2. The van der Waals surface area contributed by atoms with Gasteiger partial charge in [-0.2, -0.15) is 0 Å². The SMILES string of the molecule is CC(C)C(=O)Nc1ccc2[nH]cc([C@@H](C(=O)O)N3CCC(Cc4ccccc4)CC3)c2c1. The van der Waals surface area contributed by atoms with Crippen molar-refractivity contribution >= 4 is 28.5 Å². The number of benzene rings is 2. The minimum absolute atomic E-state index is 0.0586. The van der Waals surface area contributed by atoms with E-state index in [4.69, 9.17) is 0 Å². The summed E-state index contributed by atoms with van der Waals surface area (Å²) in [4.78, 5) is 29.7. The molecular weight excluding hydrogens is 402 g/mol. The third-order valence-corrected chi connectivity index (χ3v) is 6.42. The number of nitrogens with zero attached hydrogens (tertiary/aromatic N) is 1. The Morgan fingerprint density at radius 2 is 1.84 bits per heavy atom. The highest BCUT2D eigenvalue weighted by Gasteiger charge is 2.32. The molecule has 1 aliphatic heterocycles. The summed E-state index contributed by atoms with van der Waals surface area (Å²) < 4.78 is 0. The van der Waals surface area contributed by atoms with Gasteiger partial charge >= 0.3 is 5.97 Å². The summed E-state index contributed by atoms with van der Waals surface area (Å²) in [5, 5.41) is 13.9. The van der Waals surface area contributed by atoms with Crippen LogP contribution in [0.3, 0.4) is 0 Å². The molecular formula is C26H31N3O3. The van der Waals surface area contributed by atoms with Gasteiger partial charge in [0.15, 0.2) is 0 Å². The molecule has 2 heterocycles. The number of hydrogen-bond donors (Lipinski definition) is 3. The third kappa shape index (κ3) is 4.86. The number of carbonyl (C=O) groups is 2. The van der Waals surface area contributed by atoms with Crippen LogP contribution < -0.4 is 5.32 Å². The number of rotatable bonds is 7. The van der Waals surface area contributed by atoms with Crippen molar-refractivity contribution in [2.45, 2.75) is 39.2 Å². The van der Waals surface area contributed by atoms with Crippen molar-refractivity contribution in [1.29, 1.82) is 0 Å². The van der Waals surface area contributed by atoms with E-state index < -0.39 is 12.0 Å². The molecule has 0 saturated carbocycles. The zero-order valence-electron chi connectivity index (χ0n) is 18.7. The summed E-state index contributed by atoms with van der Waals surface area (Å²) in [6, 6.07) is 15.4. The van der Waals surface area contributed by atoms with E-state index in [0.29, 0.717) is 11.6 Å². The molecule has 3 N–H and O–H groups in total. The number of H-pyrrole nitrogens is 1. The summed E-state index contributed by atoms with van der Waals surface area (Å²) in [7, 11) is 0. The van der Waals surface area contributed by atoms with E-state index in [1.165, 1.54) is 5.56 Å². The van der Waals surface area contributed by atoms with E-state index in [2.05, 4.69) is 39.5 Å². The second-order valence-electron chi connectivity index (χ2n) is 9.06. The van der Waals surface area contributed by atoms with E-state index in [0.717, 1.165) is 48.8 Å². The minimum Gasteiger partial charge on any atom is -0.480 e. The van der Waals surface area contributed by atoms with Crippen molar-refractivity contribution in [3.63, 3.8) is 0 Å². The second kappa shape index (κ2) is 9.57. The molecule has 1 atom stereocenters. The van der Waals surface area contributed by atoms with Gasteiger partial charge in [0, 0.05) is 34.3 Å². The molecule has 3 aromatic rings. The van der Waals surface area contributed by atoms with Crippen LogP contribution in [-0.2, 0) is 16.0 Å². The molecule has 0 unspecified atom stereocenters. The topological polar surface area (TPSA) is 85.4 Å². The van der Waals surface area contributed by atoms with Crippen LogP contribution in [0.15, 0.2) is 54.7 Å². The fraction of sp³-hybridized carbons (Fsp3) is 0.385. The van der Waals surface area contributed by atoms with E-state index >= 15 is 0 Å². The van der Waals surface area contributed by atoms with Crippen molar-refractivity contribution in [1.82, 2.24) is 9.88 Å². The predicted octanol–water partition coefficient (Wildman–Crippen LogP) is 4.84. The van der Waals surface area contributed by atoms with Gasteiger partial charge in [0.25, 0.3) is 0 Å². The van der Waals surface area contributed by atoms with Gasteiger partial charge in [-0.25, -0.2) is 0 Å². The first-order valence-corrected chi connectivity index (χ1v) is 11.3. The van der Waals surface area contributed by atoms with Gasteiger partial charge in [-0.1, -0.05) is 44.2 Å². The number of aromatic amines is 1. The largest absolute Gasteiger partial charge is 0.480 e. The fourth-order valence-electron chi connectivity index (χ4n) is 4.58. The van der Waals surface area contributed by atoms with Crippen LogP contribution in [0.4, 0.5) is 5.69 Å². The highest BCUT2D eigenvalue weighted by molar-refractivity contribution is 5.96. The molecule has 1 amide bonds. The number of hydrogen-bond acceptors (Lipinski definition) is 3. The molecule has 4 rings (SSSR count). The Bertz CT molecular complexity index is 1080. The lowest BCUT2D eigenvalue weighted by Crippen LogP contribution is -2.40. The smallest absolute Gasteiger partial charge is 0.325 e. The number of carboxylic acid groups (broad SMARTS) is 1. The Hall–Kier alpha value is -3.12. The molecule has 2 aromatic carbocycles. The fourth-order valence-corrected chi connectivity index (χ4v) is 4.58. The van der Waals surface area contributed by atoms with E-state index in [1.54, 1.807) is 6.20 Å². The number of carbonyl (C=O) groups excluding carboxylic acids is 1.